The van der Waals surface area contributed by atoms with Crippen LogP contribution in [0.4, 0.5) is 0 Å². The molecule has 0 fully saturated rings. The van der Waals surface area contributed by atoms with Crippen molar-refractivity contribution < 1.29 is 9.53 Å². The fraction of sp³-hybridized carbons (Fsp3) is 0.143. The summed E-state index contributed by atoms with van der Waals surface area (Å²) in [6.45, 7) is 0.563. The van der Waals surface area contributed by atoms with Crippen molar-refractivity contribution in [1.82, 2.24) is 20.3 Å². The van der Waals surface area contributed by atoms with Crippen LogP contribution in [0.5, 0.6) is 5.75 Å². The number of aromatic nitrogens is 3. The maximum Gasteiger partial charge on any atom is 0.272 e. The van der Waals surface area contributed by atoms with Gasteiger partial charge in [-0.3, -0.25) is 4.79 Å². The molecule has 0 saturated heterocycles. The SMILES string of the molecule is O=C(N[C@H]1CCOc2ccccc21)c1nccnc1-c1nc2ccccc2s1. The topological polar surface area (TPSA) is 77.0 Å². The fourth-order valence-corrected chi connectivity index (χ4v) is 4.32. The molecule has 28 heavy (non-hydrogen) atoms. The van der Waals surface area contributed by atoms with Gasteiger partial charge in [0.15, 0.2) is 5.69 Å². The zero-order chi connectivity index (χ0) is 18.9. The number of thiazole rings is 1. The van der Waals surface area contributed by atoms with Gasteiger partial charge in [-0.05, 0) is 18.2 Å². The number of carbonyl (C=O) groups excluding carboxylic acids is 1. The van der Waals surface area contributed by atoms with E-state index in [0.717, 1.165) is 21.5 Å². The molecule has 1 atom stereocenters. The van der Waals surface area contributed by atoms with Crippen LogP contribution in [0.3, 0.4) is 0 Å². The van der Waals surface area contributed by atoms with Crippen LogP contribution in [0.2, 0.25) is 0 Å². The Bertz CT molecular complexity index is 1140. The number of benzene rings is 2. The molecule has 7 heteroatoms. The Morgan fingerprint density at radius 2 is 1.89 bits per heavy atom. The summed E-state index contributed by atoms with van der Waals surface area (Å²) < 4.78 is 6.73. The van der Waals surface area contributed by atoms with Crippen molar-refractivity contribution in [3.63, 3.8) is 0 Å². The molecule has 138 valence electrons. The molecule has 2 aromatic carbocycles. The average molecular weight is 388 g/mol. The van der Waals surface area contributed by atoms with Crippen LogP contribution in [0.25, 0.3) is 20.9 Å². The first kappa shape index (κ1) is 16.8. The monoisotopic (exact) mass is 388 g/mol. The second-order valence-corrected chi connectivity index (χ2v) is 7.47. The van der Waals surface area contributed by atoms with Crippen LogP contribution >= 0.6 is 11.3 Å². The Morgan fingerprint density at radius 3 is 2.82 bits per heavy atom. The minimum Gasteiger partial charge on any atom is -0.493 e. The molecule has 0 aliphatic carbocycles. The third-order valence-electron chi connectivity index (χ3n) is 4.67. The van der Waals surface area contributed by atoms with Crippen LogP contribution in [-0.4, -0.2) is 27.5 Å². The highest BCUT2D eigenvalue weighted by molar-refractivity contribution is 7.21. The highest BCUT2D eigenvalue weighted by Crippen LogP contribution is 2.33. The van der Waals surface area contributed by atoms with E-state index in [1.807, 2.05) is 48.5 Å². The van der Waals surface area contributed by atoms with Crippen LogP contribution < -0.4 is 10.1 Å². The van der Waals surface area contributed by atoms with E-state index in [2.05, 4.69) is 20.3 Å². The molecule has 6 nitrogen and oxygen atoms in total. The molecule has 1 N–H and O–H groups in total. The number of para-hydroxylation sites is 2. The summed E-state index contributed by atoms with van der Waals surface area (Å²) in [7, 11) is 0. The standard InChI is InChI=1S/C21H16N4O2S/c26-20(24-14-9-12-27-16-7-3-1-5-13(14)16)18-19(23-11-10-22-18)21-25-15-6-2-4-8-17(15)28-21/h1-8,10-11,14H,9,12H2,(H,24,26)/t14-/m0/s1. The van der Waals surface area contributed by atoms with Gasteiger partial charge in [0.05, 0.1) is 22.9 Å². The molecule has 0 radical (unpaired) electrons. The van der Waals surface area contributed by atoms with E-state index < -0.39 is 0 Å². The summed E-state index contributed by atoms with van der Waals surface area (Å²) in [4.78, 5) is 26.4. The van der Waals surface area contributed by atoms with E-state index in [9.17, 15) is 4.79 Å². The van der Waals surface area contributed by atoms with Crippen LogP contribution in [-0.2, 0) is 0 Å². The number of ether oxygens (including phenoxy) is 1. The molecule has 0 bridgehead atoms. The normalized spacial score (nSPS) is 15.6. The maximum absolute atomic E-state index is 13.1. The van der Waals surface area contributed by atoms with Gasteiger partial charge in [0, 0.05) is 24.4 Å². The van der Waals surface area contributed by atoms with Gasteiger partial charge in [0.1, 0.15) is 16.5 Å². The van der Waals surface area contributed by atoms with Gasteiger partial charge in [0.2, 0.25) is 0 Å². The molecule has 0 spiro atoms. The predicted octanol–water partition coefficient (Wildman–Crippen LogP) is 4.01. The number of fused-ring (bicyclic) bond motifs is 2. The number of carbonyl (C=O) groups is 1. The molecule has 1 aliphatic heterocycles. The van der Waals surface area contributed by atoms with Gasteiger partial charge >= 0.3 is 0 Å². The number of nitrogens with zero attached hydrogens (tertiary/aromatic N) is 3. The van der Waals surface area contributed by atoms with Gasteiger partial charge in [0.25, 0.3) is 5.91 Å². The summed E-state index contributed by atoms with van der Waals surface area (Å²) in [5.41, 5.74) is 2.65. The number of nitrogens with one attached hydrogen (secondary N) is 1. The fourth-order valence-electron chi connectivity index (χ4n) is 3.35. The number of rotatable bonds is 3. The minimum atomic E-state index is -0.260. The lowest BCUT2D eigenvalue weighted by molar-refractivity contribution is 0.0920. The summed E-state index contributed by atoms with van der Waals surface area (Å²) in [5.74, 6) is 0.550. The second-order valence-electron chi connectivity index (χ2n) is 6.44. The largest absolute Gasteiger partial charge is 0.493 e. The van der Waals surface area contributed by atoms with Crippen molar-refractivity contribution in [2.75, 3.05) is 6.61 Å². The van der Waals surface area contributed by atoms with E-state index in [1.165, 1.54) is 17.5 Å². The first-order valence-corrected chi connectivity index (χ1v) is 9.81. The number of hydrogen-bond donors (Lipinski definition) is 1. The molecular formula is C21H16N4O2S. The summed E-state index contributed by atoms with van der Waals surface area (Å²) in [5, 5.41) is 3.78. The zero-order valence-corrected chi connectivity index (χ0v) is 15.6. The third-order valence-corrected chi connectivity index (χ3v) is 5.72. The molecule has 1 amide bonds. The maximum atomic E-state index is 13.1. The van der Waals surface area contributed by atoms with Crippen molar-refractivity contribution in [3.05, 3.63) is 72.2 Å². The zero-order valence-electron chi connectivity index (χ0n) is 14.8. The Balaban J connectivity index is 1.48. The van der Waals surface area contributed by atoms with Crippen molar-refractivity contribution in [1.29, 1.82) is 0 Å². The lowest BCUT2D eigenvalue weighted by Crippen LogP contribution is -2.33. The van der Waals surface area contributed by atoms with Gasteiger partial charge in [-0.15, -0.1) is 11.3 Å². The van der Waals surface area contributed by atoms with Crippen molar-refractivity contribution in [2.45, 2.75) is 12.5 Å². The van der Waals surface area contributed by atoms with E-state index in [4.69, 9.17) is 4.74 Å². The van der Waals surface area contributed by atoms with Crippen molar-refractivity contribution in [3.8, 4) is 16.5 Å². The number of amides is 1. The first-order valence-electron chi connectivity index (χ1n) is 8.99. The molecule has 1 aliphatic rings. The summed E-state index contributed by atoms with van der Waals surface area (Å²) >= 11 is 1.50. The summed E-state index contributed by atoms with van der Waals surface area (Å²) in [6.07, 6.45) is 3.82. The van der Waals surface area contributed by atoms with Crippen molar-refractivity contribution in [2.24, 2.45) is 0 Å². The van der Waals surface area contributed by atoms with Gasteiger partial charge < -0.3 is 10.1 Å². The highest BCUT2D eigenvalue weighted by Gasteiger charge is 2.26. The van der Waals surface area contributed by atoms with Crippen LogP contribution in [0.1, 0.15) is 28.5 Å². The summed E-state index contributed by atoms with van der Waals surface area (Å²) in [6, 6.07) is 15.5. The minimum absolute atomic E-state index is 0.123. The molecule has 2 aromatic heterocycles. The molecule has 0 unspecified atom stereocenters. The second kappa shape index (κ2) is 7.01. The third kappa shape index (κ3) is 2.99. The average Bonchev–Trinajstić information content (AvgIpc) is 3.18. The Hall–Kier alpha value is -3.32. The Labute approximate surface area is 165 Å². The van der Waals surface area contributed by atoms with Gasteiger partial charge in [-0.1, -0.05) is 30.3 Å². The predicted molar refractivity (Wildman–Crippen MR) is 107 cm³/mol. The van der Waals surface area contributed by atoms with Crippen LogP contribution in [0, 0.1) is 0 Å². The van der Waals surface area contributed by atoms with Crippen molar-refractivity contribution >= 4 is 27.5 Å². The lowest BCUT2D eigenvalue weighted by atomic mass is 10.0. The molecule has 3 heterocycles. The molecule has 0 saturated carbocycles. The van der Waals surface area contributed by atoms with E-state index in [0.29, 0.717) is 23.7 Å². The molecule has 4 aromatic rings. The molecular weight excluding hydrogens is 372 g/mol. The van der Waals surface area contributed by atoms with Crippen LogP contribution in [0.15, 0.2) is 60.9 Å². The van der Waals surface area contributed by atoms with Gasteiger partial charge in [-0.2, -0.15) is 0 Å². The smallest absolute Gasteiger partial charge is 0.272 e. The Morgan fingerprint density at radius 1 is 1.07 bits per heavy atom. The number of hydrogen-bond acceptors (Lipinski definition) is 6. The van der Waals surface area contributed by atoms with E-state index in [1.54, 1.807) is 6.20 Å². The first-order chi connectivity index (χ1) is 13.8. The highest BCUT2D eigenvalue weighted by atomic mass is 32.1. The lowest BCUT2D eigenvalue weighted by Gasteiger charge is -2.26. The van der Waals surface area contributed by atoms with E-state index >= 15 is 0 Å². The van der Waals surface area contributed by atoms with Gasteiger partial charge in [-0.25, -0.2) is 15.0 Å². The molecule has 5 rings (SSSR count). The van der Waals surface area contributed by atoms with E-state index in [-0.39, 0.29) is 17.6 Å². The quantitative estimate of drug-likeness (QED) is 0.574. The Kier molecular flexibility index (Phi) is 4.21.